The van der Waals surface area contributed by atoms with Crippen molar-refractivity contribution in [1.82, 2.24) is 9.97 Å². The average Bonchev–Trinajstić information content (AvgIpc) is 2.35. The first-order valence-corrected chi connectivity index (χ1v) is 6.57. The highest BCUT2D eigenvalue weighted by atomic mass is 16.5. The minimum atomic E-state index is 0.164. The second-order valence-corrected chi connectivity index (χ2v) is 4.71. The van der Waals surface area contributed by atoms with Crippen LogP contribution in [0.15, 0.2) is 6.33 Å². The van der Waals surface area contributed by atoms with Crippen LogP contribution in [0.2, 0.25) is 0 Å². The molecule has 18 heavy (non-hydrogen) atoms. The van der Waals surface area contributed by atoms with E-state index in [9.17, 15) is 0 Å². The number of rotatable bonds is 4. The Balaban J connectivity index is 2.06. The number of nitrogens with zero attached hydrogens (tertiary/aromatic N) is 2. The van der Waals surface area contributed by atoms with Crippen LogP contribution in [0.4, 0.5) is 0 Å². The van der Waals surface area contributed by atoms with E-state index in [1.807, 2.05) is 13.8 Å². The molecule has 1 saturated carbocycles. The summed E-state index contributed by atoms with van der Waals surface area (Å²) in [4.78, 5) is 8.28. The van der Waals surface area contributed by atoms with E-state index in [1.165, 1.54) is 6.33 Å². The van der Waals surface area contributed by atoms with Crippen molar-refractivity contribution in [3.63, 3.8) is 0 Å². The molecule has 2 unspecified atom stereocenters. The number of hydrogen-bond donors (Lipinski definition) is 1. The third-order valence-corrected chi connectivity index (χ3v) is 3.22. The van der Waals surface area contributed by atoms with Gasteiger partial charge in [0.1, 0.15) is 12.4 Å². The predicted molar refractivity (Wildman–Crippen MR) is 68.8 cm³/mol. The molecule has 0 aromatic carbocycles. The molecular formula is C13H21N3O2. The first-order valence-electron chi connectivity index (χ1n) is 6.57. The number of nitrogens with two attached hydrogens (primary N) is 1. The standard InChI is InChI=1S/C13H21N3O2/c1-3-17-12-9(2)13(16-8-15-12)18-11-6-4-5-10(14)7-11/h8,10-11H,3-7,14H2,1-2H3. The van der Waals surface area contributed by atoms with Gasteiger partial charge >= 0.3 is 0 Å². The maximum atomic E-state index is 5.96. The van der Waals surface area contributed by atoms with Crippen LogP contribution in [0.25, 0.3) is 0 Å². The van der Waals surface area contributed by atoms with Gasteiger partial charge in [-0.05, 0) is 39.5 Å². The first-order chi connectivity index (χ1) is 8.70. The normalized spacial score (nSPS) is 23.7. The fourth-order valence-corrected chi connectivity index (χ4v) is 2.27. The van der Waals surface area contributed by atoms with Gasteiger partial charge in [0, 0.05) is 6.04 Å². The van der Waals surface area contributed by atoms with Gasteiger partial charge in [-0.15, -0.1) is 0 Å². The van der Waals surface area contributed by atoms with Crippen LogP contribution in [0, 0.1) is 6.92 Å². The average molecular weight is 251 g/mol. The van der Waals surface area contributed by atoms with Crippen molar-refractivity contribution in [2.75, 3.05) is 6.61 Å². The fraction of sp³-hybridized carbons (Fsp3) is 0.692. The molecule has 5 nitrogen and oxygen atoms in total. The lowest BCUT2D eigenvalue weighted by Gasteiger charge is -2.27. The van der Waals surface area contributed by atoms with Crippen LogP contribution in [-0.2, 0) is 0 Å². The van der Waals surface area contributed by atoms with Gasteiger partial charge in [0.15, 0.2) is 0 Å². The third-order valence-electron chi connectivity index (χ3n) is 3.22. The number of aromatic nitrogens is 2. The highest BCUT2D eigenvalue weighted by Crippen LogP contribution is 2.27. The van der Waals surface area contributed by atoms with E-state index in [0.29, 0.717) is 18.4 Å². The lowest BCUT2D eigenvalue weighted by atomic mass is 9.93. The summed E-state index contributed by atoms with van der Waals surface area (Å²) in [6.45, 7) is 4.44. The molecule has 1 heterocycles. The van der Waals surface area contributed by atoms with Gasteiger partial charge in [-0.1, -0.05) is 0 Å². The molecule has 5 heteroatoms. The second-order valence-electron chi connectivity index (χ2n) is 4.71. The van der Waals surface area contributed by atoms with Crippen molar-refractivity contribution < 1.29 is 9.47 Å². The van der Waals surface area contributed by atoms with E-state index in [4.69, 9.17) is 15.2 Å². The topological polar surface area (TPSA) is 70.3 Å². The molecule has 1 aromatic heterocycles. The lowest BCUT2D eigenvalue weighted by Crippen LogP contribution is -2.34. The van der Waals surface area contributed by atoms with Crippen LogP contribution in [-0.4, -0.2) is 28.7 Å². The van der Waals surface area contributed by atoms with Gasteiger partial charge in [-0.2, -0.15) is 0 Å². The van der Waals surface area contributed by atoms with Gasteiger partial charge in [-0.25, -0.2) is 9.97 Å². The molecule has 0 bridgehead atoms. The quantitative estimate of drug-likeness (QED) is 0.884. The van der Waals surface area contributed by atoms with Crippen molar-refractivity contribution in [1.29, 1.82) is 0 Å². The highest BCUT2D eigenvalue weighted by Gasteiger charge is 2.22. The van der Waals surface area contributed by atoms with E-state index in [0.717, 1.165) is 31.2 Å². The van der Waals surface area contributed by atoms with Crippen LogP contribution >= 0.6 is 0 Å². The summed E-state index contributed by atoms with van der Waals surface area (Å²) in [6.07, 6.45) is 5.79. The Morgan fingerprint density at radius 2 is 2.11 bits per heavy atom. The van der Waals surface area contributed by atoms with Crippen LogP contribution in [0.1, 0.15) is 38.2 Å². The zero-order valence-electron chi connectivity index (χ0n) is 11.1. The predicted octanol–water partition coefficient (Wildman–Crippen LogP) is 1.83. The van der Waals surface area contributed by atoms with Crippen LogP contribution in [0.5, 0.6) is 11.8 Å². The Bertz CT molecular complexity index is 398. The summed E-state index contributed by atoms with van der Waals surface area (Å²) in [5.41, 5.74) is 6.82. The summed E-state index contributed by atoms with van der Waals surface area (Å²) in [5, 5.41) is 0. The zero-order chi connectivity index (χ0) is 13.0. The van der Waals surface area contributed by atoms with Crippen LogP contribution in [0.3, 0.4) is 0 Å². The maximum Gasteiger partial charge on any atom is 0.223 e. The SMILES string of the molecule is CCOc1ncnc(OC2CCCC(N)C2)c1C. The Kier molecular flexibility index (Phi) is 4.36. The molecule has 100 valence electrons. The summed E-state index contributed by atoms with van der Waals surface area (Å²) in [7, 11) is 0. The van der Waals surface area contributed by atoms with Gasteiger partial charge in [-0.3, -0.25) is 0 Å². The van der Waals surface area contributed by atoms with Gasteiger partial charge in [0.2, 0.25) is 11.8 Å². The third kappa shape index (κ3) is 3.10. The Hall–Kier alpha value is -1.36. The summed E-state index contributed by atoms with van der Waals surface area (Å²) in [6, 6.07) is 0.247. The Labute approximate surface area is 108 Å². The molecular weight excluding hydrogens is 230 g/mol. The van der Waals surface area contributed by atoms with Crippen LogP contribution < -0.4 is 15.2 Å². The second kappa shape index (κ2) is 6.00. The van der Waals surface area contributed by atoms with Gasteiger partial charge in [0.25, 0.3) is 0 Å². The summed E-state index contributed by atoms with van der Waals surface area (Å²) >= 11 is 0. The summed E-state index contributed by atoms with van der Waals surface area (Å²) in [5.74, 6) is 1.22. The molecule has 0 aliphatic heterocycles. The fourth-order valence-electron chi connectivity index (χ4n) is 2.27. The maximum absolute atomic E-state index is 5.96. The molecule has 0 saturated heterocycles. The van der Waals surface area contributed by atoms with Crippen molar-refractivity contribution in [2.45, 2.75) is 51.7 Å². The van der Waals surface area contributed by atoms with E-state index < -0.39 is 0 Å². The van der Waals surface area contributed by atoms with Crippen molar-refractivity contribution >= 4 is 0 Å². The molecule has 0 amide bonds. The van der Waals surface area contributed by atoms with Crippen molar-refractivity contribution in [3.8, 4) is 11.8 Å². The van der Waals surface area contributed by atoms with E-state index in [-0.39, 0.29) is 12.1 Å². The molecule has 1 aromatic rings. The van der Waals surface area contributed by atoms with Crippen molar-refractivity contribution in [2.24, 2.45) is 5.73 Å². The molecule has 1 aliphatic carbocycles. The van der Waals surface area contributed by atoms with Gasteiger partial charge < -0.3 is 15.2 Å². The highest BCUT2D eigenvalue weighted by molar-refractivity contribution is 5.32. The molecule has 2 N–H and O–H groups in total. The van der Waals surface area contributed by atoms with E-state index in [2.05, 4.69) is 9.97 Å². The molecule has 0 radical (unpaired) electrons. The van der Waals surface area contributed by atoms with E-state index >= 15 is 0 Å². The minimum absolute atomic E-state index is 0.164. The smallest absolute Gasteiger partial charge is 0.223 e. The van der Waals surface area contributed by atoms with Crippen molar-refractivity contribution in [3.05, 3.63) is 11.9 Å². The summed E-state index contributed by atoms with van der Waals surface area (Å²) < 4.78 is 11.4. The Morgan fingerprint density at radius 3 is 2.83 bits per heavy atom. The number of ether oxygens (including phenoxy) is 2. The van der Waals surface area contributed by atoms with E-state index in [1.54, 1.807) is 0 Å². The monoisotopic (exact) mass is 251 g/mol. The van der Waals surface area contributed by atoms with Gasteiger partial charge in [0.05, 0.1) is 12.2 Å². The largest absolute Gasteiger partial charge is 0.478 e. The Morgan fingerprint density at radius 1 is 1.33 bits per heavy atom. The zero-order valence-corrected chi connectivity index (χ0v) is 11.1. The first kappa shape index (κ1) is 13.1. The molecule has 2 atom stereocenters. The molecule has 2 rings (SSSR count). The molecule has 0 spiro atoms. The number of hydrogen-bond acceptors (Lipinski definition) is 5. The molecule has 1 fully saturated rings. The minimum Gasteiger partial charge on any atom is -0.478 e. The lowest BCUT2D eigenvalue weighted by molar-refractivity contribution is 0.136. The molecule has 1 aliphatic rings.